The number of anilines is 2. The van der Waals surface area contributed by atoms with E-state index < -0.39 is 0 Å². The number of pyridine rings is 1. The van der Waals surface area contributed by atoms with E-state index in [0.717, 1.165) is 28.5 Å². The molecular weight excluding hydrogens is 312 g/mol. The van der Waals surface area contributed by atoms with Crippen LogP contribution in [0.1, 0.15) is 63.7 Å². The van der Waals surface area contributed by atoms with Crippen LogP contribution in [0.15, 0.2) is 30.9 Å². The minimum atomic E-state index is 0.359. The van der Waals surface area contributed by atoms with Crippen LogP contribution in [-0.4, -0.2) is 24.5 Å². The number of imidazole rings is 1. The van der Waals surface area contributed by atoms with Crippen molar-refractivity contribution >= 4 is 22.7 Å². The van der Waals surface area contributed by atoms with Crippen molar-refractivity contribution in [1.29, 1.82) is 0 Å². The topological polar surface area (TPSA) is 68.5 Å². The standard InChI is InChI=1S/C19H24N6/c1-13(2)25-12-22-15-11-21-18(10-16(15)25)23-17-8-9-20-19(24-17)14-6-4-3-5-7-14/h8-14H,3-7H2,1-2H3,(H,20,21,23,24). The molecule has 0 radical (unpaired) electrons. The van der Waals surface area contributed by atoms with Crippen molar-refractivity contribution in [3.05, 3.63) is 36.7 Å². The summed E-state index contributed by atoms with van der Waals surface area (Å²) in [4.78, 5) is 18.1. The fourth-order valence-electron chi connectivity index (χ4n) is 3.54. The molecule has 0 aliphatic heterocycles. The average Bonchev–Trinajstić information content (AvgIpc) is 3.06. The molecule has 0 atom stereocenters. The first kappa shape index (κ1) is 16.0. The molecule has 6 heteroatoms. The van der Waals surface area contributed by atoms with Gasteiger partial charge in [0, 0.05) is 24.2 Å². The normalized spacial score (nSPS) is 15.8. The predicted octanol–water partition coefficient (Wildman–Crippen LogP) is 4.59. The SMILES string of the molecule is CC(C)n1cnc2cnc(Nc3ccnc(C4CCCCC4)n3)cc21. The van der Waals surface area contributed by atoms with Crippen molar-refractivity contribution in [1.82, 2.24) is 24.5 Å². The van der Waals surface area contributed by atoms with E-state index in [4.69, 9.17) is 4.98 Å². The van der Waals surface area contributed by atoms with Crippen molar-refractivity contribution in [3.8, 4) is 0 Å². The van der Waals surface area contributed by atoms with Crippen molar-refractivity contribution in [2.24, 2.45) is 0 Å². The maximum Gasteiger partial charge on any atom is 0.135 e. The summed E-state index contributed by atoms with van der Waals surface area (Å²) in [6.45, 7) is 4.30. The van der Waals surface area contributed by atoms with Crippen LogP contribution >= 0.6 is 0 Å². The second-order valence-electron chi connectivity index (χ2n) is 7.06. The summed E-state index contributed by atoms with van der Waals surface area (Å²) < 4.78 is 2.15. The van der Waals surface area contributed by atoms with E-state index in [-0.39, 0.29) is 0 Å². The predicted molar refractivity (Wildman–Crippen MR) is 99.1 cm³/mol. The first-order valence-electron chi connectivity index (χ1n) is 9.13. The van der Waals surface area contributed by atoms with E-state index in [1.54, 1.807) is 6.20 Å². The highest BCUT2D eigenvalue weighted by Crippen LogP contribution is 2.31. The molecule has 3 heterocycles. The van der Waals surface area contributed by atoms with Crippen LogP contribution in [0.3, 0.4) is 0 Å². The molecule has 0 aromatic carbocycles. The Morgan fingerprint density at radius 1 is 1.08 bits per heavy atom. The van der Waals surface area contributed by atoms with Gasteiger partial charge in [0.2, 0.25) is 0 Å². The number of hydrogen-bond acceptors (Lipinski definition) is 5. The zero-order valence-electron chi connectivity index (χ0n) is 14.8. The molecule has 0 saturated heterocycles. The molecule has 6 nitrogen and oxygen atoms in total. The minimum absolute atomic E-state index is 0.359. The van der Waals surface area contributed by atoms with Gasteiger partial charge in [-0.2, -0.15) is 0 Å². The smallest absolute Gasteiger partial charge is 0.135 e. The zero-order chi connectivity index (χ0) is 17.2. The summed E-state index contributed by atoms with van der Waals surface area (Å²) in [5.74, 6) is 3.03. The molecule has 0 unspecified atom stereocenters. The van der Waals surface area contributed by atoms with Crippen molar-refractivity contribution < 1.29 is 0 Å². The highest BCUT2D eigenvalue weighted by molar-refractivity contribution is 5.78. The van der Waals surface area contributed by atoms with Crippen molar-refractivity contribution in [2.45, 2.75) is 57.9 Å². The maximum absolute atomic E-state index is 4.73. The molecule has 1 N–H and O–H groups in total. The molecule has 1 fully saturated rings. The Morgan fingerprint density at radius 2 is 1.92 bits per heavy atom. The molecule has 1 saturated carbocycles. The lowest BCUT2D eigenvalue weighted by molar-refractivity contribution is 0.429. The number of hydrogen-bond donors (Lipinski definition) is 1. The summed E-state index contributed by atoms with van der Waals surface area (Å²) in [5, 5.41) is 3.33. The third kappa shape index (κ3) is 3.34. The van der Waals surface area contributed by atoms with E-state index >= 15 is 0 Å². The van der Waals surface area contributed by atoms with Gasteiger partial charge in [0.05, 0.1) is 18.0 Å². The van der Waals surface area contributed by atoms with Crippen LogP contribution in [0.25, 0.3) is 11.0 Å². The number of nitrogens with zero attached hydrogens (tertiary/aromatic N) is 5. The minimum Gasteiger partial charge on any atom is -0.328 e. The number of aromatic nitrogens is 5. The first-order valence-corrected chi connectivity index (χ1v) is 9.13. The number of fused-ring (bicyclic) bond motifs is 1. The van der Waals surface area contributed by atoms with Crippen LogP contribution in [0.2, 0.25) is 0 Å². The lowest BCUT2D eigenvalue weighted by Crippen LogP contribution is -2.09. The molecule has 1 aliphatic carbocycles. The summed E-state index contributed by atoms with van der Waals surface area (Å²) >= 11 is 0. The Morgan fingerprint density at radius 3 is 2.72 bits per heavy atom. The third-order valence-corrected chi connectivity index (χ3v) is 4.92. The molecule has 1 aliphatic rings. The van der Waals surface area contributed by atoms with E-state index in [1.165, 1.54) is 32.1 Å². The van der Waals surface area contributed by atoms with Gasteiger partial charge in [-0.3, -0.25) is 0 Å². The van der Waals surface area contributed by atoms with E-state index in [1.807, 2.05) is 24.7 Å². The summed E-state index contributed by atoms with van der Waals surface area (Å²) in [6, 6.07) is 4.29. The molecular formula is C19H24N6. The number of nitrogens with one attached hydrogen (secondary N) is 1. The quantitative estimate of drug-likeness (QED) is 0.754. The fourth-order valence-corrected chi connectivity index (χ4v) is 3.54. The fraction of sp³-hybridized carbons (Fsp3) is 0.474. The molecule has 0 amide bonds. The molecule has 4 rings (SSSR count). The highest BCUT2D eigenvalue weighted by atomic mass is 15.1. The van der Waals surface area contributed by atoms with Gasteiger partial charge < -0.3 is 9.88 Å². The monoisotopic (exact) mass is 336 g/mol. The number of rotatable bonds is 4. The lowest BCUT2D eigenvalue weighted by Gasteiger charge is -2.20. The lowest BCUT2D eigenvalue weighted by atomic mass is 9.89. The summed E-state index contributed by atoms with van der Waals surface area (Å²) in [7, 11) is 0. The van der Waals surface area contributed by atoms with Gasteiger partial charge in [0.1, 0.15) is 23.0 Å². The molecule has 130 valence electrons. The van der Waals surface area contributed by atoms with Crippen LogP contribution in [-0.2, 0) is 0 Å². The van der Waals surface area contributed by atoms with Gasteiger partial charge in [-0.25, -0.2) is 19.9 Å². The Kier molecular flexibility index (Phi) is 4.34. The van der Waals surface area contributed by atoms with Crippen LogP contribution in [0, 0.1) is 0 Å². The van der Waals surface area contributed by atoms with Crippen LogP contribution < -0.4 is 5.32 Å². The second-order valence-corrected chi connectivity index (χ2v) is 7.06. The van der Waals surface area contributed by atoms with E-state index in [0.29, 0.717) is 12.0 Å². The van der Waals surface area contributed by atoms with E-state index in [2.05, 4.69) is 38.7 Å². The molecule has 3 aromatic rings. The first-order chi connectivity index (χ1) is 12.2. The van der Waals surface area contributed by atoms with Gasteiger partial charge in [-0.15, -0.1) is 0 Å². The van der Waals surface area contributed by atoms with Gasteiger partial charge >= 0.3 is 0 Å². The molecule has 0 bridgehead atoms. The second kappa shape index (κ2) is 6.78. The van der Waals surface area contributed by atoms with Crippen molar-refractivity contribution in [2.75, 3.05) is 5.32 Å². The Labute approximate surface area is 147 Å². The third-order valence-electron chi connectivity index (χ3n) is 4.92. The van der Waals surface area contributed by atoms with Crippen molar-refractivity contribution in [3.63, 3.8) is 0 Å². The molecule has 0 spiro atoms. The van der Waals surface area contributed by atoms with Crippen LogP contribution in [0.5, 0.6) is 0 Å². The largest absolute Gasteiger partial charge is 0.328 e. The molecule has 25 heavy (non-hydrogen) atoms. The Balaban J connectivity index is 1.59. The highest BCUT2D eigenvalue weighted by Gasteiger charge is 2.18. The van der Waals surface area contributed by atoms with Gasteiger partial charge in [0.25, 0.3) is 0 Å². The van der Waals surface area contributed by atoms with Gasteiger partial charge in [-0.05, 0) is 32.8 Å². The van der Waals surface area contributed by atoms with Crippen LogP contribution in [0.4, 0.5) is 11.6 Å². The van der Waals surface area contributed by atoms with Gasteiger partial charge in [0.15, 0.2) is 0 Å². The Bertz CT molecular complexity index is 863. The zero-order valence-corrected chi connectivity index (χ0v) is 14.8. The Hall–Kier alpha value is -2.50. The summed E-state index contributed by atoms with van der Waals surface area (Å²) in [5.41, 5.74) is 1.99. The van der Waals surface area contributed by atoms with Gasteiger partial charge in [-0.1, -0.05) is 19.3 Å². The van der Waals surface area contributed by atoms with E-state index in [9.17, 15) is 0 Å². The summed E-state index contributed by atoms with van der Waals surface area (Å²) in [6.07, 6.45) is 11.8. The maximum atomic E-state index is 4.73. The molecule has 3 aromatic heterocycles. The average molecular weight is 336 g/mol.